The second kappa shape index (κ2) is 7.58. The highest BCUT2D eigenvalue weighted by Crippen LogP contribution is 2.43. The van der Waals surface area contributed by atoms with Gasteiger partial charge in [0.1, 0.15) is 11.6 Å². The smallest absolute Gasteiger partial charge is 0.204 e. The van der Waals surface area contributed by atoms with Gasteiger partial charge < -0.3 is 5.32 Å². The van der Waals surface area contributed by atoms with Crippen LogP contribution in [0.15, 0.2) is 54.7 Å². The van der Waals surface area contributed by atoms with Gasteiger partial charge >= 0.3 is 0 Å². The number of hydrogen-bond acceptors (Lipinski definition) is 7. The predicted molar refractivity (Wildman–Crippen MR) is 109 cm³/mol. The number of anilines is 1. The van der Waals surface area contributed by atoms with Gasteiger partial charge in [0.25, 0.3) is 0 Å². The second-order valence-electron chi connectivity index (χ2n) is 7.44. The zero-order valence-electron chi connectivity index (χ0n) is 16.1. The second-order valence-corrected chi connectivity index (χ2v) is 7.44. The van der Waals surface area contributed by atoms with Crippen molar-refractivity contribution in [3.05, 3.63) is 66.2 Å². The minimum Gasteiger partial charge on any atom is -0.368 e. The minimum atomic E-state index is -0.287. The van der Waals surface area contributed by atoms with Crippen LogP contribution in [0.2, 0.25) is 0 Å². The summed E-state index contributed by atoms with van der Waals surface area (Å²) in [5.74, 6) is 0.924. The van der Waals surface area contributed by atoms with Crippen molar-refractivity contribution in [2.75, 3.05) is 11.9 Å². The Morgan fingerprint density at radius 3 is 2.60 bits per heavy atom. The van der Waals surface area contributed by atoms with Gasteiger partial charge in [-0.3, -0.25) is 4.98 Å². The van der Waals surface area contributed by atoms with E-state index in [-0.39, 0.29) is 11.2 Å². The summed E-state index contributed by atoms with van der Waals surface area (Å²) in [5, 5.41) is 26.0. The monoisotopic (exact) mass is 402 g/mol. The quantitative estimate of drug-likeness (QED) is 0.509. The maximum Gasteiger partial charge on any atom is 0.204 e. The first-order valence-corrected chi connectivity index (χ1v) is 9.76. The molecule has 9 heteroatoms. The van der Waals surface area contributed by atoms with Crippen LogP contribution in [0.25, 0.3) is 22.6 Å². The molecule has 3 heterocycles. The Morgan fingerprint density at radius 2 is 1.90 bits per heavy atom. The lowest BCUT2D eigenvalue weighted by Gasteiger charge is -2.41. The first-order valence-electron chi connectivity index (χ1n) is 9.76. The Bertz CT molecular complexity index is 1140. The summed E-state index contributed by atoms with van der Waals surface area (Å²) in [6.07, 6.45) is 4.53. The van der Waals surface area contributed by atoms with E-state index < -0.39 is 0 Å². The zero-order chi connectivity index (χ0) is 20.4. The lowest BCUT2D eigenvalue weighted by atomic mass is 9.66. The Morgan fingerprint density at radius 1 is 1.00 bits per heavy atom. The van der Waals surface area contributed by atoms with Crippen LogP contribution in [0.5, 0.6) is 0 Å². The lowest BCUT2D eigenvalue weighted by Crippen LogP contribution is -2.42. The molecule has 0 amide bonds. The van der Waals surface area contributed by atoms with Crippen LogP contribution in [0.4, 0.5) is 10.2 Å². The summed E-state index contributed by atoms with van der Waals surface area (Å²) >= 11 is 0. The summed E-state index contributed by atoms with van der Waals surface area (Å²) in [6.45, 7) is 0.572. The van der Waals surface area contributed by atoms with E-state index in [0.29, 0.717) is 23.9 Å². The minimum absolute atomic E-state index is 0.248. The molecule has 30 heavy (non-hydrogen) atoms. The van der Waals surface area contributed by atoms with Crippen molar-refractivity contribution in [1.29, 1.82) is 0 Å². The molecule has 1 saturated carbocycles. The Hall–Kier alpha value is -3.75. The molecule has 2 N–H and O–H groups in total. The molecule has 0 bridgehead atoms. The van der Waals surface area contributed by atoms with E-state index >= 15 is 0 Å². The van der Waals surface area contributed by atoms with Crippen LogP contribution in [0.1, 0.15) is 25.0 Å². The number of hydrogen-bond donors (Lipinski definition) is 2. The fraction of sp³-hybridized carbons (Fsp3) is 0.238. The average molecular weight is 402 g/mol. The zero-order valence-corrected chi connectivity index (χ0v) is 16.1. The highest BCUT2D eigenvalue weighted by atomic mass is 19.1. The number of rotatable bonds is 6. The largest absolute Gasteiger partial charge is 0.368 e. The van der Waals surface area contributed by atoms with Gasteiger partial charge in [0, 0.05) is 29.3 Å². The first kappa shape index (κ1) is 18.3. The van der Waals surface area contributed by atoms with Crippen molar-refractivity contribution >= 4 is 5.82 Å². The van der Waals surface area contributed by atoms with Gasteiger partial charge in [-0.25, -0.2) is 4.39 Å². The fourth-order valence-electron chi connectivity index (χ4n) is 3.82. The number of nitrogens with one attached hydrogen (secondary N) is 2. The number of pyridine rings is 1. The van der Waals surface area contributed by atoms with Crippen LogP contribution >= 0.6 is 0 Å². The predicted octanol–water partition coefficient (Wildman–Crippen LogP) is 3.39. The lowest BCUT2D eigenvalue weighted by molar-refractivity contribution is 0.243. The van der Waals surface area contributed by atoms with E-state index in [9.17, 15) is 4.39 Å². The number of tetrazole rings is 1. The van der Waals surface area contributed by atoms with Crippen molar-refractivity contribution in [3.8, 4) is 22.6 Å². The molecule has 0 radical (unpaired) electrons. The van der Waals surface area contributed by atoms with Gasteiger partial charge in [-0.2, -0.15) is 5.21 Å². The first-order chi connectivity index (χ1) is 14.7. The van der Waals surface area contributed by atoms with Gasteiger partial charge in [-0.05, 0) is 48.4 Å². The Labute approximate surface area is 172 Å². The molecule has 0 aliphatic heterocycles. The molecule has 4 aromatic rings. The van der Waals surface area contributed by atoms with Gasteiger partial charge in [-0.1, -0.05) is 24.6 Å². The third-order valence-electron chi connectivity index (χ3n) is 5.61. The normalized spacial score (nSPS) is 14.8. The molecule has 1 aromatic carbocycles. The van der Waals surface area contributed by atoms with E-state index in [2.05, 4.69) is 41.1 Å². The molecule has 5 rings (SSSR count). The number of nitrogens with zero attached hydrogens (tertiary/aromatic N) is 6. The number of benzene rings is 1. The maximum atomic E-state index is 14.3. The highest BCUT2D eigenvalue weighted by molar-refractivity contribution is 5.67. The summed E-state index contributed by atoms with van der Waals surface area (Å²) in [5.41, 5.74) is 2.73. The summed E-state index contributed by atoms with van der Waals surface area (Å²) < 4.78 is 14.3. The van der Waals surface area contributed by atoms with Crippen LogP contribution in [-0.2, 0) is 5.41 Å². The van der Waals surface area contributed by atoms with E-state index in [1.165, 1.54) is 6.07 Å². The van der Waals surface area contributed by atoms with Crippen molar-refractivity contribution < 1.29 is 4.39 Å². The number of H-pyrrole nitrogens is 1. The van der Waals surface area contributed by atoms with Gasteiger partial charge in [-0.15, -0.1) is 20.4 Å². The third-order valence-corrected chi connectivity index (χ3v) is 5.61. The number of aromatic nitrogens is 7. The molecule has 0 unspecified atom stereocenters. The van der Waals surface area contributed by atoms with Gasteiger partial charge in [0.15, 0.2) is 0 Å². The standard InChI is InChI=1S/C21H19FN8/c22-16-6-2-11-23-19(16)21(9-3-10-21)13-24-18-8-7-17(25-26-18)14-4-1-5-15(12-14)20-27-29-30-28-20/h1-2,4-8,11-12H,3,9-10,13H2,(H,24,26)(H,27,28,29,30). The molecule has 1 aliphatic rings. The van der Waals surface area contributed by atoms with E-state index in [1.54, 1.807) is 12.3 Å². The average Bonchev–Trinajstić information content (AvgIpc) is 3.30. The topological polar surface area (TPSA) is 105 Å². The van der Waals surface area contributed by atoms with Gasteiger partial charge in [0.2, 0.25) is 5.82 Å². The molecular weight excluding hydrogens is 383 g/mol. The number of aromatic amines is 1. The van der Waals surface area contributed by atoms with Crippen LogP contribution in [-0.4, -0.2) is 42.4 Å². The molecule has 0 atom stereocenters. The van der Waals surface area contributed by atoms with Crippen LogP contribution < -0.4 is 5.32 Å². The third kappa shape index (κ3) is 3.38. The highest BCUT2D eigenvalue weighted by Gasteiger charge is 2.41. The maximum absolute atomic E-state index is 14.3. The van der Waals surface area contributed by atoms with Crippen molar-refractivity contribution in [3.63, 3.8) is 0 Å². The van der Waals surface area contributed by atoms with E-state index in [1.807, 2.05) is 36.4 Å². The summed E-state index contributed by atoms with van der Waals surface area (Å²) in [7, 11) is 0. The van der Waals surface area contributed by atoms with Crippen molar-refractivity contribution in [1.82, 2.24) is 35.8 Å². The molecule has 0 saturated heterocycles. The Kier molecular flexibility index (Phi) is 4.62. The Balaban J connectivity index is 1.31. The van der Waals surface area contributed by atoms with Crippen LogP contribution in [0, 0.1) is 5.82 Å². The molecule has 8 nitrogen and oxygen atoms in total. The SMILES string of the molecule is Fc1cccnc1C1(CNc2ccc(-c3cccc(-c4nn[nH]n4)c3)nn2)CCC1. The summed E-state index contributed by atoms with van der Waals surface area (Å²) in [6, 6.07) is 14.6. The molecule has 1 fully saturated rings. The summed E-state index contributed by atoms with van der Waals surface area (Å²) in [4.78, 5) is 4.30. The molecule has 1 aliphatic carbocycles. The van der Waals surface area contributed by atoms with Crippen molar-refractivity contribution in [2.45, 2.75) is 24.7 Å². The fourth-order valence-corrected chi connectivity index (χ4v) is 3.82. The van der Waals surface area contributed by atoms with Gasteiger partial charge in [0.05, 0.1) is 11.4 Å². The van der Waals surface area contributed by atoms with Crippen molar-refractivity contribution in [2.24, 2.45) is 0 Å². The van der Waals surface area contributed by atoms with Crippen LogP contribution in [0.3, 0.4) is 0 Å². The number of halogens is 1. The molecular formula is C21H19FN8. The molecule has 150 valence electrons. The molecule has 3 aromatic heterocycles. The van der Waals surface area contributed by atoms with E-state index in [4.69, 9.17) is 0 Å². The molecule has 0 spiro atoms. The van der Waals surface area contributed by atoms with E-state index in [0.717, 1.165) is 36.1 Å².